The first-order valence-corrected chi connectivity index (χ1v) is 8.68. The molecule has 1 N–H and O–H groups in total. The van der Waals surface area contributed by atoms with E-state index in [1.807, 2.05) is 43.3 Å². The van der Waals surface area contributed by atoms with Crippen LogP contribution < -0.4 is 10.1 Å². The lowest BCUT2D eigenvalue weighted by atomic mass is 10.1. The summed E-state index contributed by atoms with van der Waals surface area (Å²) in [5.74, 6) is 2.13. The minimum Gasteiger partial charge on any atom is -0.494 e. The average molecular weight is 344 g/mol. The van der Waals surface area contributed by atoms with E-state index in [9.17, 15) is 4.79 Å². The van der Waals surface area contributed by atoms with Gasteiger partial charge in [0, 0.05) is 12.1 Å². The number of benzene rings is 1. The van der Waals surface area contributed by atoms with Crippen LogP contribution in [-0.4, -0.2) is 38.1 Å². The largest absolute Gasteiger partial charge is 0.494 e. The monoisotopic (exact) mass is 344 g/mol. The van der Waals surface area contributed by atoms with Gasteiger partial charge in [0.05, 0.1) is 18.9 Å². The second-order valence-electron chi connectivity index (χ2n) is 6.76. The van der Waals surface area contributed by atoms with Gasteiger partial charge in [0.1, 0.15) is 11.5 Å². The Morgan fingerprint density at radius 2 is 1.92 bits per heavy atom. The quantitative estimate of drug-likeness (QED) is 0.753. The minimum atomic E-state index is -0.105. The molecule has 0 aliphatic carbocycles. The summed E-state index contributed by atoms with van der Waals surface area (Å²) in [6, 6.07) is 11.0. The van der Waals surface area contributed by atoms with E-state index in [1.54, 1.807) is 18.4 Å². The molecule has 1 aromatic carbocycles. The lowest BCUT2D eigenvalue weighted by Crippen LogP contribution is -2.34. The van der Waals surface area contributed by atoms with Gasteiger partial charge < -0.3 is 14.5 Å². The zero-order chi connectivity index (χ0) is 18.2. The van der Waals surface area contributed by atoms with Gasteiger partial charge >= 0.3 is 0 Å². The number of carbonyl (C=O) groups is 1. The summed E-state index contributed by atoms with van der Waals surface area (Å²) in [5, 5.41) is 2.96. The first-order chi connectivity index (χ1) is 12.0. The number of ether oxygens (including phenoxy) is 1. The molecule has 25 heavy (non-hydrogen) atoms. The Morgan fingerprint density at radius 1 is 1.20 bits per heavy atom. The summed E-state index contributed by atoms with van der Waals surface area (Å²) in [7, 11) is 3.92. The maximum atomic E-state index is 12.4. The number of nitrogens with one attached hydrogen (secondary N) is 1. The van der Waals surface area contributed by atoms with Crippen LogP contribution in [-0.2, 0) is 0 Å². The third kappa shape index (κ3) is 5.94. The highest BCUT2D eigenvalue weighted by molar-refractivity contribution is 5.94. The summed E-state index contributed by atoms with van der Waals surface area (Å²) in [6.07, 6.45) is 2.66. The van der Waals surface area contributed by atoms with Crippen LogP contribution in [0.4, 0.5) is 0 Å². The number of rotatable bonds is 9. The van der Waals surface area contributed by atoms with Crippen molar-refractivity contribution >= 4 is 5.91 Å². The predicted molar refractivity (Wildman–Crippen MR) is 98.9 cm³/mol. The van der Waals surface area contributed by atoms with E-state index in [0.717, 1.165) is 17.9 Å². The Hall–Kier alpha value is -2.27. The molecule has 0 aliphatic heterocycles. The van der Waals surface area contributed by atoms with Crippen molar-refractivity contribution in [3.8, 4) is 5.75 Å². The maximum Gasteiger partial charge on any atom is 0.251 e. The van der Waals surface area contributed by atoms with Crippen molar-refractivity contribution in [2.24, 2.45) is 5.92 Å². The van der Waals surface area contributed by atoms with Crippen molar-refractivity contribution in [3.63, 3.8) is 0 Å². The molecule has 2 rings (SSSR count). The number of nitrogens with zero attached hydrogens (tertiary/aromatic N) is 1. The highest BCUT2D eigenvalue weighted by Crippen LogP contribution is 2.18. The molecule has 1 atom stereocenters. The van der Waals surface area contributed by atoms with Crippen molar-refractivity contribution in [1.29, 1.82) is 0 Å². The van der Waals surface area contributed by atoms with Crippen molar-refractivity contribution < 1.29 is 13.9 Å². The summed E-state index contributed by atoms with van der Waals surface area (Å²) < 4.78 is 11.1. The first kappa shape index (κ1) is 19.1. The molecule has 0 fully saturated rings. The van der Waals surface area contributed by atoms with Gasteiger partial charge in [-0.25, -0.2) is 0 Å². The van der Waals surface area contributed by atoms with Gasteiger partial charge in [0.25, 0.3) is 5.91 Å². The highest BCUT2D eigenvalue weighted by atomic mass is 16.5. The van der Waals surface area contributed by atoms with E-state index in [1.165, 1.54) is 0 Å². The smallest absolute Gasteiger partial charge is 0.251 e. The van der Waals surface area contributed by atoms with Crippen LogP contribution >= 0.6 is 0 Å². The SMILES string of the molecule is CC(C)CCOc1ccc(C(=O)NC[C@@H](c2ccco2)N(C)C)cc1. The molecule has 136 valence electrons. The van der Waals surface area contributed by atoms with Crippen LogP contribution in [0.1, 0.15) is 42.4 Å². The number of hydrogen-bond donors (Lipinski definition) is 1. The van der Waals surface area contributed by atoms with E-state index in [0.29, 0.717) is 24.6 Å². The molecule has 0 bridgehead atoms. The van der Waals surface area contributed by atoms with E-state index < -0.39 is 0 Å². The Kier molecular flexibility index (Phi) is 7.07. The zero-order valence-corrected chi connectivity index (χ0v) is 15.5. The molecule has 1 heterocycles. The number of likely N-dealkylation sites (N-methyl/N-ethyl adjacent to an activating group) is 1. The van der Waals surface area contributed by atoms with Gasteiger partial charge in [0.2, 0.25) is 0 Å². The molecule has 0 saturated heterocycles. The van der Waals surface area contributed by atoms with Crippen LogP contribution in [0.25, 0.3) is 0 Å². The molecule has 5 nitrogen and oxygen atoms in total. The van der Waals surface area contributed by atoms with Crippen LogP contribution in [0.3, 0.4) is 0 Å². The van der Waals surface area contributed by atoms with Crippen molar-refractivity contribution in [1.82, 2.24) is 10.2 Å². The van der Waals surface area contributed by atoms with E-state index in [4.69, 9.17) is 9.15 Å². The summed E-state index contributed by atoms with van der Waals surface area (Å²) in [5.41, 5.74) is 0.619. The van der Waals surface area contributed by atoms with Gasteiger partial charge in [-0.15, -0.1) is 0 Å². The number of furan rings is 1. The zero-order valence-electron chi connectivity index (χ0n) is 15.5. The molecule has 0 radical (unpaired) electrons. The number of carbonyl (C=O) groups excluding carboxylic acids is 1. The van der Waals surface area contributed by atoms with E-state index >= 15 is 0 Å². The Labute approximate surface area is 150 Å². The van der Waals surface area contributed by atoms with Gasteiger partial charge in [-0.1, -0.05) is 13.8 Å². The molecule has 0 saturated carbocycles. The molecule has 5 heteroatoms. The lowest BCUT2D eigenvalue weighted by Gasteiger charge is -2.22. The van der Waals surface area contributed by atoms with Gasteiger partial charge in [-0.05, 0) is 62.8 Å². The Bertz CT molecular complexity index is 633. The normalized spacial score (nSPS) is 12.4. The minimum absolute atomic E-state index is 0.00223. The van der Waals surface area contributed by atoms with Crippen molar-refractivity contribution in [2.75, 3.05) is 27.2 Å². The van der Waals surface area contributed by atoms with Gasteiger partial charge in [0.15, 0.2) is 0 Å². The summed E-state index contributed by atoms with van der Waals surface area (Å²) >= 11 is 0. The third-order valence-corrected chi connectivity index (χ3v) is 4.03. The molecular weight excluding hydrogens is 316 g/mol. The Balaban J connectivity index is 1.87. The lowest BCUT2D eigenvalue weighted by molar-refractivity contribution is 0.0939. The maximum absolute atomic E-state index is 12.4. The van der Waals surface area contributed by atoms with Crippen LogP contribution in [0, 0.1) is 5.92 Å². The molecule has 2 aromatic rings. The van der Waals surface area contributed by atoms with E-state index in [-0.39, 0.29) is 11.9 Å². The third-order valence-electron chi connectivity index (χ3n) is 4.03. The van der Waals surface area contributed by atoms with Crippen LogP contribution in [0.15, 0.2) is 47.1 Å². The van der Waals surface area contributed by atoms with Crippen molar-refractivity contribution in [2.45, 2.75) is 26.3 Å². The summed E-state index contributed by atoms with van der Waals surface area (Å²) in [4.78, 5) is 14.4. The molecular formula is C20H28N2O3. The van der Waals surface area contributed by atoms with Gasteiger partial charge in [-0.3, -0.25) is 9.69 Å². The molecule has 0 aliphatic rings. The highest BCUT2D eigenvalue weighted by Gasteiger charge is 2.18. The molecule has 1 amide bonds. The molecule has 0 unspecified atom stereocenters. The fourth-order valence-electron chi connectivity index (χ4n) is 2.42. The number of amides is 1. The fourth-order valence-corrected chi connectivity index (χ4v) is 2.42. The second kappa shape index (κ2) is 9.28. The topological polar surface area (TPSA) is 54.7 Å². The van der Waals surface area contributed by atoms with Crippen LogP contribution in [0.2, 0.25) is 0 Å². The molecule has 1 aromatic heterocycles. The first-order valence-electron chi connectivity index (χ1n) is 8.68. The fraction of sp³-hybridized carbons (Fsp3) is 0.450. The number of hydrogen-bond acceptors (Lipinski definition) is 4. The second-order valence-corrected chi connectivity index (χ2v) is 6.76. The van der Waals surface area contributed by atoms with Crippen molar-refractivity contribution in [3.05, 3.63) is 54.0 Å². The van der Waals surface area contributed by atoms with E-state index in [2.05, 4.69) is 19.2 Å². The average Bonchev–Trinajstić information content (AvgIpc) is 3.09. The standard InChI is InChI=1S/C20H28N2O3/c1-15(2)11-13-24-17-9-7-16(8-10-17)20(23)21-14-18(22(3)4)19-6-5-12-25-19/h5-10,12,15,18H,11,13-14H2,1-4H3,(H,21,23)/t18-/m0/s1. The predicted octanol–water partition coefficient (Wildman–Crippen LogP) is 3.74. The van der Waals surface area contributed by atoms with Crippen LogP contribution in [0.5, 0.6) is 5.75 Å². The van der Waals surface area contributed by atoms with Gasteiger partial charge in [-0.2, -0.15) is 0 Å². The molecule has 0 spiro atoms. The summed E-state index contributed by atoms with van der Waals surface area (Å²) in [6.45, 7) is 5.50. The Morgan fingerprint density at radius 3 is 2.48 bits per heavy atom.